The van der Waals surface area contributed by atoms with Gasteiger partial charge in [0.1, 0.15) is 22.1 Å². The lowest BCUT2D eigenvalue weighted by atomic mass is 10.1. The van der Waals surface area contributed by atoms with E-state index in [9.17, 15) is 14.0 Å². The van der Waals surface area contributed by atoms with Crippen molar-refractivity contribution in [1.29, 1.82) is 0 Å². The molecule has 0 radical (unpaired) electrons. The van der Waals surface area contributed by atoms with Crippen LogP contribution in [0.25, 0.3) is 34.1 Å². The molecule has 0 fully saturated rings. The number of halogens is 2. The minimum Gasteiger partial charge on any atom is -0.506 e. The summed E-state index contributed by atoms with van der Waals surface area (Å²) < 4.78 is 16.9. The fourth-order valence-electron chi connectivity index (χ4n) is 5.11. The lowest BCUT2D eigenvalue weighted by molar-refractivity contribution is 0.0996. The molecule has 0 saturated heterocycles. The molecule has 7 rings (SSSR count). The Morgan fingerprint density at radius 2 is 1.86 bits per heavy atom. The van der Waals surface area contributed by atoms with E-state index >= 15 is 0 Å². The number of nitrogens with two attached hydrogens (primary N) is 2. The predicted molar refractivity (Wildman–Crippen MR) is 163 cm³/mol. The van der Waals surface area contributed by atoms with Gasteiger partial charge in [-0.2, -0.15) is 5.10 Å². The molecule has 13 heteroatoms. The zero-order chi connectivity index (χ0) is 31.0. The number of hydrogen-bond donors (Lipinski definition) is 3. The molecule has 2 aromatic carbocycles. The van der Waals surface area contributed by atoms with Gasteiger partial charge in [0.05, 0.1) is 16.7 Å². The molecule has 0 unspecified atom stereocenters. The van der Waals surface area contributed by atoms with E-state index in [1.165, 1.54) is 17.5 Å². The first-order chi connectivity index (χ1) is 21.3. The average Bonchev–Trinajstić information content (AvgIpc) is 3.80. The van der Waals surface area contributed by atoms with Gasteiger partial charge in [-0.1, -0.05) is 17.7 Å². The number of imidazole rings is 1. The van der Waals surface area contributed by atoms with Gasteiger partial charge in [-0.3, -0.25) is 14.2 Å². The quantitative estimate of drug-likeness (QED) is 0.233. The van der Waals surface area contributed by atoms with Gasteiger partial charge in [-0.25, -0.2) is 24.0 Å². The van der Waals surface area contributed by atoms with Crippen LogP contribution in [0, 0.1) is 5.82 Å². The number of phenolic OH excluding ortho intramolecular Hbond substituents is 1. The van der Waals surface area contributed by atoms with Crippen molar-refractivity contribution < 1.29 is 19.1 Å². The summed E-state index contributed by atoms with van der Waals surface area (Å²) in [6, 6.07) is 17.0. The highest BCUT2D eigenvalue weighted by molar-refractivity contribution is 6.33. The van der Waals surface area contributed by atoms with Crippen molar-refractivity contribution in [2.75, 3.05) is 5.73 Å². The van der Waals surface area contributed by atoms with Crippen molar-refractivity contribution >= 4 is 40.8 Å². The maximum atomic E-state index is 13.1. The van der Waals surface area contributed by atoms with Crippen LogP contribution in [0.1, 0.15) is 38.3 Å². The number of primary amides is 1. The van der Waals surface area contributed by atoms with Crippen LogP contribution in [-0.2, 0) is 12.8 Å². The van der Waals surface area contributed by atoms with Crippen LogP contribution in [-0.4, -0.2) is 46.6 Å². The third kappa shape index (κ3) is 5.11. The van der Waals surface area contributed by atoms with Crippen LogP contribution in [0.3, 0.4) is 0 Å². The van der Waals surface area contributed by atoms with E-state index in [4.69, 9.17) is 38.1 Å². The van der Waals surface area contributed by atoms with Gasteiger partial charge in [0.25, 0.3) is 5.91 Å². The Bertz CT molecular complexity index is 2060. The molecule has 6 aromatic rings. The monoisotopic (exact) mass is 610 g/mol. The third-order valence-electron chi connectivity index (χ3n) is 7.25. The van der Waals surface area contributed by atoms with Crippen molar-refractivity contribution in [1.82, 2.24) is 29.3 Å². The predicted octanol–water partition coefficient (Wildman–Crippen LogP) is 4.84. The van der Waals surface area contributed by atoms with Crippen LogP contribution in [0.5, 0.6) is 5.75 Å². The number of aromatic nitrogens is 6. The van der Waals surface area contributed by atoms with Crippen molar-refractivity contribution in [2.24, 2.45) is 5.73 Å². The maximum absolute atomic E-state index is 13.1. The second kappa shape index (κ2) is 11.6. The summed E-state index contributed by atoms with van der Waals surface area (Å²) in [5.41, 5.74) is 16.4. The van der Waals surface area contributed by atoms with Crippen molar-refractivity contribution in [3.8, 4) is 28.6 Å². The first-order valence-corrected chi connectivity index (χ1v) is 13.8. The van der Waals surface area contributed by atoms with E-state index in [0.717, 1.165) is 53.0 Å². The minimum absolute atomic E-state index is 0.243. The molecule has 4 aromatic heterocycles. The van der Waals surface area contributed by atoms with Crippen LogP contribution in [0.4, 0.5) is 10.2 Å². The van der Waals surface area contributed by atoms with E-state index in [2.05, 4.69) is 32.8 Å². The molecule has 11 nitrogen and oxygen atoms in total. The number of fused-ring (bicyclic) bond motifs is 2. The van der Waals surface area contributed by atoms with Crippen LogP contribution in [0.2, 0.25) is 5.02 Å². The van der Waals surface area contributed by atoms with Crippen LogP contribution in [0.15, 0.2) is 73.2 Å². The molecule has 1 aliphatic rings. The summed E-state index contributed by atoms with van der Waals surface area (Å²) in [4.78, 5) is 35.1. The van der Waals surface area contributed by atoms with Gasteiger partial charge in [0.2, 0.25) is 0 Å². The average molecular weight is 611 g/mol. The molecule has 0 bridgehead atoms. The van der Waals surface area contributed by atoms with E-state index in [-0.39, 0.29) is 11.8 Å². The Hall–Kier alpha value is -5.62. The first-order valence-electron chi connectivity index (χ1n) is 13.4. The largest absolute Gasteiger partial charge is 0.506 e. The number of pyridine rings is 2. The lowest BCUT2D eigenvalue weighted by Crippen LogP contribution is -2.14. The summed E-state index contributed by atoms with van der Waals surface area (Å²) in [5.74, 6) is -0.986. The Morgan fingerprint density at radius 1 is 1.05 bits per heavy atom. The Kier molecular flexibility index (Phi) is 7.50. The molecular formula is C31H24ClFN8O3. The number of aldehydes is 1. The molecule has 0 spiro atoms. The topological polar surface area (TPSA) is 168 Å². The Morgan fingerprint density at radius 3 is 2.59 bits per heavy atom. The van der Waals surface area contributed by atoms with E-state index in [0.29, 0.717) is 5.82 Å². The summed E-state index contributed by atoms with van der Waals surface area (Å²) >= 11 is 5.32. The summed E-state index contributed by atoms with van der Waals surface area (Å²) in [6.45, 7) is 0. The number of anilines is 1. The highest BCUT2D eigenvalue weighted by Crippen LogP contribution is 2.33. The first kappa shape index (κ1) is 28.5. The number of phenols is 1. The lowest BCUT2D eigenvalue weighted by Gasteiger charge is -2.12. The number of amides is 1. The Balaban J connectivity index is 0.000000208. The third-order valence-corrected chi connectivity index (χ3v) is 7.60. The second-order valence-electron chi connectivity index (χ2n) is 9.95. The molecule has 4 heterocycles. The number of benzene rings is 2. The second-order valence-corrected chi connectivity index (χ2v) is 10.3. The molecule has 5 N–H and O–H groups in total. The van der Waals surface area contributed by atoms with E-state index in [1.807, 2.05) is 36.5 Å². The molecular weight excluding hydrogens is 587 g/mol. The number of nitrogens with zero attached hydrogens (tertiary/aromatic N) is 6. The number of rotatable bonds is 5. The van der Waals surface area contributed by atoms with Gasteiger partial charge in [-0.05, 0) is 78.9 Å². The zero-order valence-electron chi connectivity index (χ0n) is 23.0. The number of hydrogen-bond acceptors (Lipinski definition) is 8. The normalized spacial score (nSPS) is 12.0. The number of carbonyl (C=O) groups excluding carboxylic acids is 2. The van der Waals surface area contributed by atoms with Crippen molar-refractivity contribution in [3.05, 3.63) is 106 Å². The van der Waals surface area contributed by atoms with Crippen molar-refractivity contribution in [2.45, 2.75) is 19.3 Å². The molecule has 1 aliphatic carbocycles. The minimum atomic E-state index is -1.14. The zero-order valence-corrected chi connectivity index (χ0v) is 23.7. The fourth-order valence-corrected chi connectivity index (χ4v) is 5.32. The van der Waals surface area contributed by atoms with E-state index in [1.54, 1.807) is 17.1 Å². The van der Waals surface area contributed by atoms with Crippen LogP contribution >= 0.6 is 11.6 Å². The number of nitrogen functional groups attached to an aromatic ring is 1. The fraction of sp³-hybridized carbons (Fsp3) is 0.0968. The van der Waals surface area contributed by atoms with E-state index < -0.39 is 28.1 Å². The standard InChI is InChI=1S/C23H19N7.C8H5ClFNO3/c24-21-18(6-2-11-25-21)22-27-19-9-10-20(29-13-3-12-26-29)28-23(19)30(22)17-8-7-15-4-1-5-16(15)14-17;9-5-6(10)4(8(11)14)1-3(2-12)7(5)13/h2-3,6-14H,1,4-5H2,(H2,24,25);1-2,13H,(H2,11,14). The van der Waals surface area contributed by atoms with Crippen LogP contribution < -0.4 is 11.5 Å². The smallest absolute Gasteiger partial charge is 0.251 e. The molecule has 44 heavy (non-hydrogen) atoms. The SMILES string of the molecule is NC(=O)c1cc(C=O)c(O)c(Cl)c1F.Nc1ncccc1-c1nc2ccc(-n3cccn3)nc2n1-c1ccc2c(c1)CCC2. The number of aryl methyl sites for hydroxylation is 2. The molecule has 0 saturated carbocycles. The molecule has 1 amide bonds. The highest BCUT2D eigenvalue weighted by atomic mass is 35.5. The molecule has 220 valence electrons. The Labute approximate surface area is 254 Å². The maximum Gasteiger partial charge on any atom is 0.251 e. The van der Waals surface area contributed by atoms with Gasteiger partial charge in [-0.15, -0.1) is 0 Å². The molecule has 0 aliphatic heterocycles. The highest BCUT2D eigenvalue weighted by Gasteiger charge is 2.21. The van der Waals surface area contributed by atoms with Gasteiger partial charge in [0.15, 0.2) is 29.4 Å². The van der Waals surface area contributed by atoms with Gasteiger partial charge < -0.3 is 16.6 Å². The van der Waals surface area contributed by atoms with Gasteiger partial charge in [0, 0.05) is 24.3 Å². The van der Waals surface area contributed by atoms with Crippen molar-refractivity contribution in [3.63, 3.8) is 0 Å². The summed E-state index contributed by atoms with van der Waals surface area (Å²) in [6.07, 6.45) is 9.00. The number of carbonyl (C=O) groups is 2. The van der Waals surface area contributed by atoms with Gasteiger partial charge >= 0.3 is 0 Å². The molecule has 0 atom stereocenters. The summed E-state index contributed by atoms with van der Waals surface area (Å²) in [7, 11) is 0. The number of aromatic hydroxyl groups is 1. The summed E-state index contributed by atoms with van der Waals surface area (Å²) in [5, 5.41) is 12.8.